The molecule has 2 fully saturated rings. The molecule has 0 bridgehead atoms. The van der Waals surface area contributed by atoms with E-state index in [2.05, 4.69) is 5.32 Å². The predicted octanol–water partition coefficient (Wildman–Crippen LogP) is 3.15. The summed E-state index contributed by atoms with van der Waals surface area (Å²) in [5.74, 6) is 0.0202. The van der Waals surface area contributed by atoms with Crippen molar-refractivity contribution in [1.29, 1.82) is 0 Å². The molecule has 2 aromatic rings. The first kappa shape index (κ1) is 26.4. The number of carbonyl (C=O) groups is 1. The van der Waals surface area contributed by atoms with E-state index in [4.69, 9.17) is 10.5 Å². The maximum atomic E-state index is 14.5. The molecule has 6 nitrogen and oxygen atoms in total. The van der Waals surface area contributed by atoms with Gasteiger partial charge < -0.3 is 25.8 Å². The van der Waals surface area contributed by atoms with Crippen molar-refractivity contribution in [3.63, 3.8) is 0 Å². The van der Waals surface area contributed by atoms with Crippen molar-refractivity contribution in [2.75, 3.05) is 32.7 Å². The normalized spacial score (nSPS) is 22.2. The van der Waals surface area contributed by atoms with Gasteiger partial charge in [-0.2, -0.15) is 0 Å². The molecular weight excluding hydrogens is 456 g/mol. The molecule has 2 aliphatic heterocycles. The van der Waals surface area contributed by atoms with E-state index in [0.717, 1.165) is 18.5 Å². The number of benzene rings is 2. The summed E-state index contributed by atoms with van der Waals surface area (Å²) in [4.78, 5) is 14.7. The van der Waals surface area contributed by atoms with Crippen molar-refractivity contribution >= 4 is 30.7 Å². The Labute approximate surface area is 200 Å². The van der Waals surface area contributed by atoms with Crippen molar-refractivity contribution in [3.8, 4) is 11.5 Å². The van der Waals surface area contributed by atoms with Crippen LogP contribution in [0.15, 0.2) is 42.5 Å². The number of nitrogens with zero attached hydrogens (tertiary/aromatic N) is 1. The molecule has 4 rings (SSSR count). The minimum absolute atomic E-state index is 0. The molecular formula is C23H30Cl2FN3O3. The number of piperidine rings is 2. The molecule has 2 heterocycles. The Bertz CT molecular complexity index is 916. The van der Waals surface area contributed by atoms with Crippen molar-refractivity contribution in [2.24, 2.45) is 11.7 Å². The number of hydrogen-bond donors (Lipinski definition) is 3. The summed E-state index contributed by atoms with van der Waals surface area (Å²) in [5, 5.41) is 14.1. The van der Waals surface area contributed by atoms with Gasteiger partial charge in [-0.3, -0.25) is 4.79 Å². The third-order valence-corrected chi connectivity index (χ3v) is 6.19. The van der Waals surface area contributed by atoms with Crippen LogP contribution in [-0.2, 0) is 6.42 Å². The highest BCUT2D eigenvalue weighted by Crippen LogP contribution is 2.34. The highest BCUT2D eigenvalue weighted by atomic mass is 35.5. The molecule has 176 valence electrons. The van der Waals surface area contributed by atoms with E-state index >= 15 is 0 Å². The van der Waals surface area contributed by atoms with Gasteiger partial charge in [-0.25, -0.2) is 4.39 Å². The van der Waals surface area contributed by atoms with Gasteiger partial charge in [0.2, 0.25) is 0 Å². The van der Waals surface area contributed by atoms with Crippen LogP contribution in [-0.4, -0.2) is 54.2 Å². The number of hydrogen-bond acceptors (Lipinski definition) is 5. The minimum Gasteiger partial charge on any atom is -0.457 e. The van der Waals surface area contributed by atoms with Crippen LogP contribution >= 0.6 is 24.8 Å². The van der Waals surface area contributed by atoms with Gasteiger partial charge in [-0.1, -0.05) is 12.1 Å². The molecule has 0 aromatic heterocycles. The van der Waals surface area contributed by atoms with Crippen LogP contribution < -0.4 is 15.8 Å². The maximum absolute atomic E-state index is 14.5. The first-order valence-electron chi connectivity index (χ1n) is 10.5. The second-order valence-corrected chi connectivity index (χ2v) is 8.18. The van der Waals surface area contributed by atoms with Gasteiger partial charge in [0.05, 0.1) is 11.2 Å². The van der Waals surface area contributed by atoms with Gasteiger partial charge in [0.15, 0.2) is 0 Å². The molecule has 2 aliphatic rings. The molecule has 2 atom stereocenters. The Morgan fingerprint density at radius 3 is 2.62 bits per heavy atom. The van der Waals surface area contributed by atoms with E-state index in [9.17, 15) is 14.3 Å². The zero-order valence-electron chi connectivity index (χ0n) is 17.8. The molecule has 32 heavy (non-hydrogen) atoms. The Morgan fingerprint density at radius 1 is 1.19 bits per heavy atom. The van der Waals surface area contributed by atoms with Crippen molar-refractivity contribution in [2.45, 2.75) is 24.9 Å². The maximum Gasteiger partial charge on any atom is 0.256 e. The number of ether oxygens (including phenoxy) is 1. The number of nitrogens with one attached hydrogen (secondary N) is 1. The second kappa shape index (κ2) is 11.3. The molecule has 1 amide bonds. The summed E-state index contributed by atoms with van der Waals surface area (Å²) in [6.07, 6.45) is 1.98. The van der Waals surface area contributed by atoms with Crippen LogP contribution in [0.3, 0.4) is 0 Å². The fraction of sp³-hybridized carbons (Fsp3) is 0.435. The van der Waals surface area contributed by atoms with E-state index in [1.54, 1.807) is 4.90 Å². The zero-order valence-corrected chi connectivity index (χ0v) is 19.4. The van der Waals surface area contributed by atoms with E-state index in [1.165, 1.54) is 18.2 Å². The Hall–Kier alpha value is -1.90. The number of aliphatic hydroxyl groups is 1. The van der Waals surface area contributed by atoms with E-state index in [-0.39, 0.29) is 42.2 Å². The fourth-order valence-corrected chi connectivity index (χ4v) is 4.34. The highest BCUT2D eigenvalue weighted by molar-refractivity contribution is 5.95. The molecule has 0 radical (unpaired) electrons. The summed E-state index contributed by atoms with van der Waals surface area (Å²) in [5.41, 5.74) is 5.93. The topological polar surface area (TPSA) is 87.8 Å². The Kier molecular flexibility index (Phi) is 9.30. The monoisotopic (exact) mass is 485 g/mol. The Morgan fingerprint density at radius 2 is 1.91 bits per heavy atom. The van der Waals surface area contributed by atoms with E-state index in [0.29, 0.717) is 50.5 Å². The summed E-state index contributed by atoms with van der Waals surface area (Å²) in [7, 11) is 0. The largest absolute Gasteiger partial charge is 0.457 e. The third-order valence-electron chi connectivity index (χ3n) is 6.19. The molecule has 9 heteroatoms. The molecule has 2 saturated heterocycles. The van der Waals surface area contributed by atoms with Gasteiger partial charge in [-0.05, 0) is 68.2 Å². The van der Waals surface area contributed by atoms with Gasteiger partial charge in [0, 0.05) is 25.6 Å². The van der Waals surface area contributed by atoms with Crippen LogP contribution in [0.5, 0.6) is 11.5 Å². The number of nitrogens with two attached hydrogens (primary N) is 1. The van der Waals surface area contributed by atoms with Crippen molar-refractivity contribution in [1.82, 2.24) is 10.2 Å². The number of carbonyl (C=O) groups excluding carboxylic acids is 1. The number of amides is 1. The van der Waals surface area contributed by atoms with Crippen molar-refractivity contribution < 1.29 is 19.0 Å². The minimum atomic E-state index is -0.735. The Balaban J connectivity index is 0.00000181. The zero-order chi connectivity index (χ0) is 21.1. The van der Waals surface area contributed by atoms with Gasteiger partial charge in [0.25, 0.3) is 5.91 Å². The lowest BCUT2D eigenvalue weighted by molar-refractivity contribution is -0.0817. The number of halogens is 3. The summed E-state index contributed by atoms with van der Waals surface area (Å²) < 4.78 is 20.3. The predicted molar refractivity (Wildman–Crippen MR) is 127 cm³/mol. The molecule has 0 unspecified atom stereocenters. The fourth-order valence-electron chi connectivity index (χ4n) is 4.34. The second-order valence-electron chi connectivity index (χ2n) is 8.18. The molecule has 0 saturated carbocycles. The lowest BCUT2D eigenvalue weighted by atomic mass is 9.76. The van der Waals surface area contributed by atoms with Crippen molar-refractivity contribution in [3.05, 3.63) is 59.4 Å². The van der Waals surface area contributed by atoms with Crippen LogP contribution in [0, 0.1) is 11.7 Å². The molecule has 0 spiro atoms. The SMILES string of the molecule is Cl.Cl.NCCc1ccc(Oc2ccc(F)c(C(=O)N3CC[C@@]4(O)CCNC[C@H]4C3)c2)cc1. The van der Waals surface area contributed by atoms with Gasteiger partial charge in [0.1, 0.15) is 17.3 Å². The average Bonchev–Trinajstić information content (AvgIpc) is 2.75. The molecule has 2 aromatic carbocycles. The number of fused-ring (bicyclic) bond motifs is 1. The summed E-state index contributed by atoms with van der Waals surface area (Å²) in [6.45, 7) is 2.84. The standard InChI is InChI=1S/C23H28FN3O3.2ClH/c24-21-6-5-19(30-18-3-1-16(2-4-18)7-10-25)13-20(21)22(28)27-12-9-23(29)8-11-26-14-17(23)15-27;;/h1-6,13,17,26,29H,7-12,14-15,25H2;2*1H/t17-,23-;;/m0../s1. The number of rotatable bonds is 5. The lowest BCUT2D eigenvalue weighted by Crippen LogP contribution is -2.59. The first-order valence-corrected chi connectivity index (χ1v) is 10.5. The number of likely N-dealkylation sites (tertiary alicyclic amines) is 1. The van der Waals surface area contributed by atoms with Crippen LogP contribution in [0.25, 0.3) is 0 Å². The van der Waals surface area contributed by atoms with Gasteiger partial charge in [-0.15, -0.1) is 24.8 Å². The van der Waals surface area contributed by atoms with Crippen LogP contribution in [0.2, 0.25) is 0 Å². The molecule has 0 aliphatic carbocycles. The first-order chi connectivity index (χ1) is 14.5. The quantitative estimate of drug-likeness (QED) is 0.605. The average molecular weight is 486 g/mol. The smallest absolute Gasteiger partial charge is 0.256 e. The van der Waals surface area contributed by atoms with E-state index in [1.807, 2.05) is 24.3 Å². The van der Waals surface area contributed by atoms with E-state index < -0.39 is 11.4 Å². The van der Waals surface area contributed by atoms with Crippen LogP contribution in [0.4, 0.5) is 4.39 Å². The van der Waals surface area contributed by atoms with Crippen LogP contribution in [0.1, 0.15) is 28.8 Å². The molecule has 4 N–H and O–H groups in total. The lowest BCUT2D eigenvalue weighted by Gasteiger charge is -2.47. The van der Waals surface area contributed by atoms with Gasteiger partial charge >= 0.3 is 0 Å². The highest BCUT2D eigenvalue weighted by Gasteiger charge is 2.44. The summed E-state index contributed by atoms with van der Waals surface area (Å²) in [6, 6.07) is 11.8. The third kappa shape index (κ3) is 5.71. The summed E-state index contributed by atoms with van der Waals surface area (Å²) >= 11 is 0.